The molecule has 1 atom stereocenters. The summed E-state index contributed by atoms with van der Waals surface area (Å²) >= 11 is 0. The number of tetrazole rings is 1. The first-order chi connectivity index (χ1) is 9.86. The highest BCUT2D eigenvalue weighted by atomic mass is 15.6. The van der Waals surface area contributed by atoms with Gasteiger partial charge in [0.25, 0.3) is 0 Å². The normalized spacial score (nSPS) is 12.4. The molecule has 2 heterocycles. The summed E-state index contributed by atoms with van der Waals surface area (Å²) in [6, 6.07) is 14.2. The molecular weight excluding hydrogens is 252 g/mol. The van der Waals surface area contributed by atoms with Gasteiger partial charge in [-0.05, 0) is 34.5 Å². The Balaban J connectivity index is 1.71. The minimum Gasteiger partial charge on any atom is -0.368 e. The largest absolute Gasteiger partial charge is 0.368 e. The molecule has 2 aromatic heterocycles. The number of fused-ring (bicyclic) bond motifs is 1. The highest BCUT2D eigenvalue weighted by Crippen LogP contribution is 2.19. The monoisotopic (exact) mass is 268 g/mol. The van der Waals surface area contributed by atoms with E-state index in [2.05, 4.69) is 57.1 Å². The molecule has 3 aromatic rings. The maximum atomic E-state index is 4.30. The summed E-state index contributed by atoms with van der Waals surface area (Å²) in [6.07, 6.45) is 1.07. The average molecular weight is 268 g/mol. The summed E-state index contributed by atoms with van der Waals surface area (Å²) in [6.45, 7) is 3.03. The summed E-state index contributed by atoms with van der Waals surface area (Å²) in [5.74, 6) is 1.24. The molecule has 102 valence electrons. The lowest BCUT2D eigenvalue weighted by Gasteiger charge is -2.16. The minimum absolute atomic E-state index is 0.461. The zero-order chi connectivity index (χ0) is 13.8. The van der Waals surface area contributed by atoms with E-state index < -0.39 is 0 Å². The molecule has 6 heteroatoms. The Morgan fingerprint density at radius 1 is 1.15 bits per heavy atom. The third-order valence-electron chi connectivity index (χ3n) is 3.36. The molecule has 0 spiro atoms. The first kappa shape index (κ1) is 12.5. The van der Waals surface area contributed by atoms with Crippen LogP contribution in [0.1, 0.15) is 24.8 Å². The molecule has 0 unspecified atom stereocenters. The Bertz CT molecular complexity index is 678. The fraction of sp³-hybridized carbons (Fsp3) is 0.286. The second-order valence-electron chi connectivity index (χ2n) is 4.64. The lowest BCUT2D eigenvalue weighted by molar-refractivity contribution is 0.685. The molecule has 0 saturated carbocycles. The first-order valence-electron chi connectivity index (χ1n) is 6.71. The van der Waals surface area contributed by atoms with E-state index in [1.54, 1.807) is 0 Å². The second kappa shape index (κ2) is 5.64. The predicted molar refractivity (Wildman–Crippen MR) is 76.5 cm³/mol. The molecule has 6 nitrogen and oxygen atoms in total. The van der Waals surface area contributed by atoms with Crippen molar-refractivity contribution >= 4 is 11.5 Å². The lowest BCUT2D eigenvalue weighted by Crippen LogP contribution is -2.13. The van der Waals surface area contributed by atoms with Crippen molar-refractivity contribution in [3.05, 3.63) is 48.0 Å². The molecule has 1 N–H and O–H groups in total. The predicted octanol–water partition coefficient (Wildman–Crippen LogP) is 2.12. The maximum Gasteiger partial charge on any atom is 0.200 e. The highest BCUT2D eigenvalue weighted by Gasteiger charge is 2.09. The van der Waals surface area contributed by atoms with Gasteiger partial charge in [0.1, 0.15) is 5.82 Å². The number of hydrogen-bond donors (Lipinski definition) is 1. The van der Waals surface area contributed by atoms with Gasteiger partial charge in [0.2, 0.25) is 0 Å². The van der Waals surface area contributed by atoms with Gasteiger partial charge in [0.15, 0.2) is 5.65 Å². The van der Waals surface area contributed by atoms with Crippen LogP contribution in [0.5, 0.6) is 0 Å². The van der Waals surface area contributed by atoms with Crippen LogP contribution in [0.25, 0.3) is 5.65 Å². The molecule has 0 aliphatic heterocycles. The van der Waals surface area contributed by atoms with Crippen molar-refractivity contribution in [2.24, 2.45) is 0 Å². The number of hydrogen-bond acceptors (Lipinski definition) is 5. The lowest BCUT2D eigenvalue weighted by atomic mass is 9.96. The van der Waals surface area contributed by atoms with Crippen molar-refractivity contribution in [1.82, 2.24) is 25.3 Å². The third-order valence-corrected chi connectivity index (χ3v) is 3.36. The van der Waals surface area contributed by atoms with E-state index in [1.807, 2.05) is 18.2 Å². The van der Waals surface area contributed by atoms with Gasteiger partial charge in [0, 0.05) is 12.5 Å². The van der Waals surface area contributed by atoms with E-state index in [0.29, 0.717) is 11.6 Å². The highest BCUT2D eigenvalue weighted by molar-refractivity contribution is 5.42. The number of anilines is 1. The van der Waals surface area contributed by atoms with E-state index in [1.165, 1.54) is 10.2 Å². The van der Waals surface area contributed by atoms with Crippen LogP contribution in [0.3, 0.4) is 0 Å². The molecule has 0 saturated heterocycles. The van der Waals surface area contributed by atoms with Crippen LogP contribution >= 0.6 is 0 Å². The Kier molecular flexibility index (Phi) is 3.54. The SMILES string of the molecule is CC[C@@H](CNc1ccc2nnnn2n1)c1ccccc1. The van der Waals surface area contributed by atoms with E-state index in [9.17, 15) is 0 Å². The molecule has 3 rings (SSSR count). The summed E-state index contributed by atoms with van der Waals surface area (Å²) in [5.41, 5.74) is 1.98. The summed E-state index contributed by atoms with van der Waals surface area (Å²) in [4.78, 5) is 0. The molecule has 0 radical (unpaired) electrons. The molecule has 0 aliphatic rings. The maximum absolute atomic E-state index is 4.30. The van der Waals surface area contributed by atoms with Crippen molar-refractivity contribution < 1.29 is 0 Å². The molecule has 20 heavy (non-hydrogen) atoms. The fourth-order valence-electron chi connectivity index (χ4n) is 2.19. The standard InChI is InChI=1S/C14H16N6/c1-2-11(12-6-4-3-5-7-12)10-15-13-8-9-14-16-18-19-20(14)17-13/h3-9,11H,2,10H2,1H3,(H,15,17)/t11-/m0/s1. The van der Waals surface area contributed by atoms with Crippen molar-refractivity contribution in [2.75, 3.05) is 11.9 Å². The summed E-state index contributed by atoms with van der Waals surface area (Å²) in [7, 11) is 0. The van der Waals surface area contributed by atoms with E-state index in [0.717, 1.165) is 18.8 Å². The molecule has 0 bridgehead atoms. The van der Waals surface area contributed by atoms with Crippen LogP contribution in [0, 0.1) is 0 Å². The Morgan fingerprint density at radius 2 is 2.00 bits per heavy atom. The summed E-state index contributed by atoms with van der Waals surface area (Å²) in [5, 5.41) is 18.8. The number of nitrogens with zero attached hydrogens (tertiary/aromatic N) is 5. The van der Waals surface area contributed by atoms with Crippen LogP contribution in [-0.2, 0) is 0 Å². The van der Waals surface area contributed by atoms with Crippen LogP contribution in [0.4, 0.5) is 5.82 Å². The Hall–Kier alpha value is -2.50. The minimum atomic E-state index is 0.461. The Labute approximate surface area is 116 Å². The first-order valence-corrected chi connectivity index (χ1v) is 6.71. The third kappa shape index (κ3) is 2.59. The number of nitrogens with one attached hydrogen (secondary N) is 1. The van der Waals surface area contributed by atoms with E-state index in [4.69, 9.17) is 0 Å². The fourth-order valence-corrected chi connectivity index (χ4v) is 2.19. The molecule has 0 aliphatic carbocycles. The van der Waals surface area contributed by atoms with Crippen LogP contribution in [0.15, 0.2) is 42.5 Å². The van der Waals surface area contributed by atoms with Crippen molar-refractivity contribution in [3.63, 3.8) is 0 Å². The van der Waals surface area contributed by atoms with Crippen LogP contribution in [0.2, 0.25) is 0 Å². The van der Waals surface area contributed by atoms with Crippen molar-refractivity contribution in [3.8, 4) is 0 Å². The van der Waals surface area contributed by atoms with Gasteiger partial charge in [-0.25, -0.2) is 0 Å². The van der Waals surface area contributed by atoms with Crippen LogP contribution in [-0.4, -0.2) is 31.8 Å². The van der Waals surface area contributed by atoms with Crippen molar-refractivity contribution in [2.45, 2.75) is 19.3 Å². The van der Waals surface area contributed by atoms with Gasteiger partial charge < -0.3 is 5.32 Å². The van der Waals surface area contributed by atoms with E-state index >= 15 is 0 Å². The van der Waals surface area contributed by atoms with Gasteiger partial charge in [-0.3, -0.25) is 0 Å². The smallest absolute Gasteiger partial charge is 0.200 e. The summed E-state index contributed by atoms with van der Waals surface area (Å²) < 4.78 is 1.42. The zero-order valence-electron chi connectivity index (χ0n) is 11.3. The zero-order valence-corrected chi connectivity index (χ0v) is 11.3. The van der Waals surface area contributed by atoms with Gasteiger partial charge in [0.05, 0.1) is 0 Å². The number of rotatable bonds is 5. The Morgan fingerprint density at radius 3 is 2.80 bits per heavy atom. The number of aromatic nitrogens is 5. The van der Waals surface area contributed by atoms with Crippen LogP contribution < -0.4 is 5.32 Å². The van der Waals surface area contributed by atoms with Crippen molar-refractivity contribution in [1.29, 1.82) is 0 Å². The average Bonchev–Trinajstić information content (AvgIpc) is 2.96. The molecule has 1 aromatic carbocycles. The quantitative estimate of drug-likeness (QED) is 0.767. The molecular formula is C14H16N6. The topological polar surface area (TPSA) is 68.0 Å². The second-order valence-corrected chi connectivity index (χ2v) is 4.64. The van der Waals surface area contributed by atoms with Gasteiger partial charge in [-0.15, -0.1) is 14.8 Å². The molecule has 0 amide bonds. The van der Waals surface area contributed by atoms with Gasteiger partial charge in [-0.1, -0.05) is 37.3 Å². The molecule has 0 fully saturated rings. The van der Waals surface area contributed by atoms with Gasteiger partial charge >= 0.3 is 0 Å². The van der Waals surface area contributed by atoms with Gasteiger partial charge in [-0.2, -0.15) is 0 Å². The van der Waals surface area contributed by atoms with E-state index in [-0.39, 0.29) is 0 Å². The number of benzene rings is 1.